The summed E-state index contributed by atoms with van der Waals surface area (Å²) in [4.78, 5) is 32.0. The Morgan fingerprint density at radius 1 is 1.00 bits per heavy atom. The summed E-state index contributed by atoms with van der Waals surface area (Å²) in [5, 5.41) is 3.27. The lowest BCUT2D eigenvalue weighted by Gasteiger charge is -2.07. The molecule has 4 rings (SSSR count). The van der Waals surface area contributed by atoms with Gasteiger partial charge in [0, 0.05) is 5.69 Å². The molecule has 0 aliphatic carbocycles. The Balaban J connectivity index is 1.55. The van der Waals surface area contributed by atoms with Crippen LogP contribution in [0.2, 0.25) is 0 Å². The highest BCUT2D eigenvalue weighted by atomic mass is 16.5. The van der Waals surface area contributed by atoms with Crippen molar-refractivity contribution < 1.29 is 9.53 Å². The molecule has 1 heterocycles. The molecule has 4 aromatic rings. The number of amides is 1. The highest BCUT2D eigenvalue weighted by Crippen LogP contribution is 2.22. The summed E-state index contributed by atoms with van der Waals surface area (Å²) in [6.45, 7) is 0. The standard InChI is InChI=1S/C23H19N3O3/c1-29-18-10-8-17(9-11-18)24-22(27)14-21-25-20-12-7-16(13-19(20)23(28)26-21)15-5-3-2-4-6-15/h2-13H,14H2,1H3,(H,24,27)(H,25,26,28). The Labute approximate surface area is 167 Å². The first kappa shape index (κ1) is 18.4. The van der Waals surface area contributed by atoms with Crippen LogP contribution < -0.4 is 15.6 Å². The van der Waals surface area contributed by atoms with E-state index in [1.54, 1.807) is 37.4 Å². The molecule has 1 amide bonds. The molecule has 0 saturated carbocycles. The van der Waals surface area contributed by atoms with E-state index in [4.69, 9.17) is 4.74 Å². The third-order valence-corrected chi connectivity index (χ3v) is 4.56. The van der Waals surface area contributed by atoms with E-state index in [1.807, 2.05) is 42.5 Å². The summed E-state index contributed by atoms with van der Waals surface area (Å²) in [7, 11) is 1.58. The van der Waals surface area contributed by atoms with Gasteiger partial charge in [0.05, 0.1) is 24.4 Å². The molecule has 0 unspecified atom stereocenters. The molecule has 0 bridgehead atoms. The fourth-order valence-electron chi connectivity index (χ4n) is 3.11. The number of nitrogens with zero attached hydrogens (tertiary/aromatic N) is 1. The Bertz CT molecular complexity index is 1220. The van der Waals surface area contributed by atoms with Crippen molar-refractivity contribution >= 4 is 22.5 Å². The van der Waals surface area contributed by atoms with E-state index < -0.39 is 0 Å². The van der Waals surface area contributed by atoms with E-state index in [9.17, 15) is 9.59 Å². The molecule has 2 N–H and O–H groups in total. The molecule has 0 fully saturated rings. The number of hydrogen-bond donors (Lipinski definition) is 2. The normalized spacial score (nSPS) is 10.7. The van der Waals surface area contributed by atoms with E-state index in [1.165, 1.54) is 0 Å². The van der Waals surface area contributed by atoms with Gasteiger partial charge in [0.15, 0.2) is 0 Å². The molecule has 1 aromatic heterocycles. The number of nitrogens with one attached hydrogen (secondary N) is 2. The van der Waals surface area contributed by atoms with E-state index in [2.05, 4.69) is 15.3 Å². The van der Waals surface area contributed by atoms with Crippen molar-refractivity contribution in [3.8, 4) is 16.9 Å². The maximum atomic E-state index is 12.6. The number of methoxy groups -OCH3 is 1. The quantitative estimate of drug-likeness (QED) is 0.548. The van der Waals surface area contributed by atoms with Crippen molar-refractivity contribution in [1.82, 2.24) is 9.97 Å². The van der Waals surface area contributed by atoms with Gasteiger partial charge in [-0.25, -0.2) is 4.98 Å². The Morgan fingerprint density at radius 2 is 1.76 bits per heavy atom. The monoisotopic (exact) mass is 385 g/mol. The van der Waals surface area contributed by atoms with Crippen molar-refractivity contribution in [3.05, 3.63) is 89.0 Å². The van der Waals surface area contributed by atoms with Gasteiger partial charge < -0.3 is 15.0 Å². The van der Waals surface area contributed by atoms with Crippen molar-refractivity contribution in [1.29, 1.82) is 0 Å². The SMILES string of the molecule is COc1ccc(NC(=O)Cc2nc3ccc(-c4ccccc4)cc3c(=O)[nH]2)cc1. The fraction of sp³-hybridized carbons (Fsp3) is 0.0870. The number of anilines is 1. The highest BCUT2D eigenvalue weighted by molar-refractivity contribution is 5.92. The number of H-pyrrole nitrogens is 1. The van der Waals surface area contributed by atoms with Crippen LogP contribution in [0.25, 0.3) is 22.0 Å². The van der Waals surface area contributed by atoms with Gasteiger partial charge in [-0.3, -0.25) is 9.59 Å². The van der Waals surface area contributed by atoms with E-state index in [0.29, 0.717) is 28.2 Å². The third kappa shape index (κ3) is 4.16. The van der Waals surface area contributed by atoms with Crippen LogP contribution in [-0.4, -0.2) is 23.0 Å². The summed E-state index contributed by atoms with van der Waals surface area (Å²) < 4.78 is 5.10. The minimum absolute atomic E-state index is 0.0301. The van der Waals surface area contributed by atoms with Gasteiger partial charge >= 0.3 is 0 Å². The number of aromatic nitrogens is 2. The Hall–Kier alpha value is -3.93. The molecule has 0 spiro atoms. The second-order valence-corrected chi connectivity index (χ2v) is 6.56. The third-order valence-electron chi connectivity index (χ3n) is 4.56. The van der Waals surface area contributed by atoms with E-state index in [-0.39, 0.29) is 17.9 Å². The predicted molar refractivity (Wildman–Crippen MR) is 113 cm³/mol. The average Bonchev–Trinajstić information content (AvgIpc) is 2.74. The Morgan fingerprint density at radius 3 is 2.48 bits per heavy atom. The lowest BCUT2D eigenvalue weighted by Crippen LogP contribution is -2.19. The van der Waals surface area contributed by atoms with E-state index >= 15 is 0 Å². The molecule has 0 aliphatic heterocycles. The molecule has 6 nitrogen and oxygen atoms in total. The summed E-state index contributed by atoms with van der Waals surface area (Å²) in [5.74, 6) is 0.762. The summed E-state index contributed by atoms with van der Waals surface area (Å²) >= 11 is 0. The van der Waals surface area contributed by atoms with Gasteiger partial charge in [0.1, 0.15) is 11.6 Å². The molecular formula is C23H19N3O3. The lowest BCUT2D eigenvalue weighted by molar-refractivity contribution is -0.115. The molecule has 0 aliphatic rings. The molecular weight excluding hydrogens is 366 g/mol. The van der Waals surface area contributed by atoms with Gasteiger partial charge in [0.2, 0.25) is 5.91 Å². The second kappa shape index (κ2) is 7.98. The second-order valence-electron chi connectivity index (χ2n) is 6.56. The van der Waals surface area contributed by atoms with Crippen molar-refractivity contribution in [2.75, 3.05) is 12.4 Å². The number of fused-ring (bicyclic) bond motifs is 1. The first-order valence-corrected chi connectivity index (χ1v) is 9.15. The van der Waals surface area contributed by atoms with E-state index in [0.717, 1.165) is 11.1 Å². The molecule has 0 atom stereocenters. The zero-order valence-electron chi connectivity index (χ0n) is 15.8. The number of benzene rings is 3. The minimum Gasteiger partial charge on any atom is -0.497 e. The van der Waals surface area contributed by atoms with Gasteiger partial charge in [-0.1, -0.05) is 36.4 Å². The van der Waals surface area contributed by atoms with Gasteiger partial charge in [-0.15, -0.1) is 0 Å². The number of ether oxygens (including phenoxy) is 1. The summed E-state index contributed by atoms with van der Waals surface area (Å²) in [5.41, 5.74) is 2.90. The molecule has 0 saturated heterocycles. The predicted octanol–water partition coefficient (Wildman–Crippen LogP) is 3.78. The molecule has 0 radical (unpaired) electrons. The van der Waals surface area contributed by atoms with Crippen LogP contribution in [0.5, 0.6) is 5.75 Å². The summed E-state index contributed by atoms with van der Waals surface area (Å²) in [6.07, 6.45) is -0.0301. The lowest BCUT2D eigenvalue weighted by atomic mass is 10.0. The number of aromatic amines is 1. The zero-order chi connectivity index (χ0) is 20.2. The minimum atomic E-state index is -0.265. The zero-order valence-corrected chi connectivity index (χ0v) is 15.8. The van der Waals surface area contributed by atoms with Crippen LogP contribution in [0.15, 0.2) is 77.6 Å². The largest absolute Gasteiger partial charge is 0.497 e. The topological polar surface area (TPSA) is 84.1 Å². The van der Waals surface area contributed by atoms with Crippen LogP contribution in [0.3, 0.4) is 0 Å². The molecule has 29 heavy (non-hydrogen) atoms. The van der Waals surface area contributed by atoms with Crippen LogP contribution >= 0.6 is 0 Å². The Kier molecular flexibility index (Phi) is 5.07. The smallest absolute Gasteiger partial charge is 0.258 e. The molecule has 3 aromatic carbocycles. The van der Waals surface area contributed by atoms with Crippen molar-refractivity contribution in [2.45, 2.75) is 6.42 Å². The van der Waals surface area contributed by atoms with Gasteiger partial charge in [-0.2, -0.15) is 0 Å². The number of rotatable bonds is 5. The van der Waals surface area contributed by atoms with Crippen molar-refractivity contribution in [2.24, 2.45) is 0 Å². The highest BCUT2D eigenvalue weighted by Gasteiger charge is 2.10. The number of carbonyl (C=O) groups excluding carboxylic acids is 1. The van der Waals surface area contributed by atoms with Crippen molar-refractivity contribution in [3.63, 3.8) is 0 Å². The molecule has 6 heteroatoms. The summed E-state index contributed by atoms with van der Waals surface area (Å²) in [6, 6.07) is 22.4. The maximum Gasteiger partial charge on any atom is 0.258 e. The maximum absolute atomic E-state index is 12.6. The molecule has 144 valence electrons. The van der Waals surface area contributed by atoms with Crippen LogP contribution in [0, 0.1) is 0 Å². The number of carbonyl (C=O) groups is 1. The first-order valence-electron chi connectivity index (χ1n) is 9.15. The average molecular weight is 385 g/mol. The van der Waals surface area contributed by atoms with Gasteiger partial charge in [0.25, 0.3) is 5.56 Å². The van der Waals surface area contributed by atoms with Crippen LogP contribution in [-0.2, 0) is 11.2 Å². The first-order chi connectivity index (χ1) is 14.1. The van der Waals surface area contributed by atoms with Crippen LogP contribution in [0.4, 0.5) is 5.69 Å². The fourth-order valence-corrected chi connectivity index (χ4v) is 3.11. The van der Waals surface area contributed by atoms with Crippen LogP contribution in [0.1, 0.15) is 5.82 Å². The van der Waals surface area contributed by atoms with Gasteiger partial charge in [-0.05, 0) is 47.5 Å². The number of hydrogen-bond acceptors (Lipinski definition) is 4.